The van der Waals surface area contributed by atoms with Gasteiger partial charge >= 0.3 is 0 Å². The zero-order chi connectivity index (χ0) is 23.7. The molecule has 3 aromatic rings. The van der Waals surface area contributed by atoms with Gasteiger partial charge in [-0.15, -0.1) is 0 Å². The van der Waals surface area contributed by atoms with Crippen LogP contribution in [0.25, 0.3) is 0 Å². The average molecular weight is 460 g/mol. The van der Waals surface area contributed by atoms with E-state index in [1.807, 2.05) is 0 Å². The fraction of sp³-hybridized carbons (Fsp3) is 0. The topological polar surface area (TPSA) is 58.2 Å². The Labute approximate surface area is 173 Å². The normalized spacial score (nSPS) is 10.8. The van der Waals surface area contributed by atoms with Gasteiger partial charge in [0.15, 0.2) is 46.5 Å². The second kappa shape index (κ2) is 8.65. The molecule has 0 unspecified atom stereocenters. The van der Waals surface area contributed by atoms with Crippen LogP contribution in [0, 0.1) is 46.5 Å². The van der Waals surface area contributed by atoms with Crippen molar-refractivity contribution in [2.24, 2.45) is 0 Å². The Kier molecular flexibility index (Phi) is 6.14. The SMILES string of the molecule is O=C(Nc1ccc(NC(=O)c2cc(F)c(F)c(F)c2F)cc1)c1cc(F)c(F)c(F)c1F. The molecule has 0 aliphatic carbocycles. The fourth-order valence-corrected chi connectivity index (χ4v) is 2.51. The second-order valence-electron chi connectivity index (χ2n) is 6.18. The Hall–Kier alpha value is -3.96. The highest BCUT2D eigenvalue weighted by Crippen LogP contribution is 2.22. The second-order valence-corrected chi connectivity index (χ2v) is 6.18. The van der Waals surface area contributed by atoms with Crippen LogP contribution in [0.2, 0.25) is 0 Å². The molecule has 0 aliphatic heterocycles. The molecular weight excluding hydrogens is 452 g/mol. The van der Waals surface area contributed by atoms with E-state index < -0.39 is 69.5 Å². The van der Waals surface area contributed by atoms with E-state index in [1.54, 1.807) is 0 Å². The molecule has 12 heteroatoms. The number of hydrogen-bond acceptors (Lipinski definition) is 2. The van der Waals surface area contributed by atoms with Crippen molar-refractivity contribution in [3.63, 3.8) is 0 Å². The quantitative estimate of drug-likeness (QED) is 0.315. The van der Waals surface area contributed by atoms with Crippen molar-refractivity contribution in [3.8, 4) is 0 Å². The Bertz CT molecular complexity index is 1150. The highest BCUT2D eigenvalue weighted by molar-refractivity contribution is 6.06. The molecule has 0 bridgehead atoms. The number of nitrogens with one attached hydrogen (secondary N) is 2. The molecule has 0 aromatic heterocycles. The number of halogens is 8. The summed E-state index contributed by atoms with van der Waals surface area (Å²) in [7, 11) is 0. The van der Waals surface area contributed by atoms with Crippen molar-refractivity contribution in [2.45, 2.75) is 0 Å². The summed E-state index contributed by atoms with van der Waals surface area (Å²) >= 11 is 0. The summed E-state index contributed by atoms with van der Waals surface area (Å²) in [5.41, 5.74) is -2.37. The Morgan fingerprint density at radius 1 is 0.500 bits per heavy atom. The van der Waals surface area contributed by atoms with E-state index in [0.29, 0.717) is 0 Å². The van der Waals surface area contributed by atoms with Crippen molar-refractivity contribution in [1.29, 1.82) is 0 Å². The van der Waals surface area contributed by atoms with Crippen LogP contribution >= 0.6 is 0 Å². The first-order chi connectivity index (χ1) is 15.0. The van der Waals surface area contributed by atoms with Gasteiger partial charge in [0.05, 0.1) is 11.1 Å². The molecule has 0 spiro atoms. The maximum atomic E-state index is 13.7. The molecule has 0 heterocycles. The molecule has 32 heavy (non-hydrogen) atoms. The molecule has 0 fully saturated rings. The molecule has 2 N–H and O–H groups in total. The highest BCUT2D eigenvalue weighted by atomic mass is 19.2. The lowest BCUT2D eigenvalue weighted by Gasteiger charge is -2.10. The minimum absolute atomic E-state index is 0.0670. The number of carbonyl (C=O) groups is 2. The molecule has 0 radical (unpaired) electrons. The number of carbonyl (C=O) groups excluding carboxylic acids is 2. The van der Waals surface area contributed by atoms with E-state index in [0.717, 1.165) is 24.3 Å². The summed E-state index contributed by atoms with van der Waals surface area (Å²) < 4.78 is 106. The lowest BCUT2D eigenvalue weighted by molar-refractivity contribution is 0.101. The average Bonchev–Trinajstić information content (AvgIpc) is 2.76. The largest absolute Gasteiger partial charge is 0.322 e. The van der Waals surface area contributed by atoms with Gasteiger partial charge in [-0.1, -0.05) is 0 Å². The third-order valence-electron chi connectivity index (χ3n) is 4.10. The standard InChI is InChI=1S/C20H8F8N2O2/c21-11-5-9(13(23)17(27)15(11)25)19(31)29-7-1-2-8(4-3-7)30-20(32)10-6-12(22)16(26)18(28)14(10)24/h1-6H,(H,29,31)(H,30,32). The first kappa shape index (κ1) is 22.7. The van der Waals surface area contributed by atoms with E-state index >= 15 is 0 Å². The first-order valence-electron chi connectivity index (χ1n) is 8.40. The highest BCUT2D eigenvalue weighted by Gasteiger charge is 2.24. The third kappa shape index (κ3) is 4.24. The lowest BCUT2D eigenvalue weighted by Crippen LogP contribution is -2.17. The summed E-state index contributed by atoms with van der Waals surface area (Å²) in [5.74, 6) is -18.6. The monoisotopic (exact) mass is 460 g/mol. The molecule has 4 nitrogen and oxygen atoms in total. The molecule has 0 saturated carbocycles. The van der Waals surface area contributed by atoms with E-state index in [9.17, 15) is 44.7 Å². The summed E-state index contributed by atoms with van der Waals surface area (Å²) in [6, 6.07) is 4.78. The van der Waals surface area contributed by atoms with Crippen LogP contribution in [-0.4, -0.2) is 11.8 Å². The Morgan fingerprint density at radius 2 is 0.812 bits per heavy atom. The summed E-state index contributed by atoms with van der Waals surface area (Å²) in [6.07, 6.45) is 0. The maximum absolute atomic E-state index is 13.7. The predicted molar refractivity (Wildman–Crippen MR) is 94.9 cm³/mol. The first-order valence-corrected chi connectivity index (χ1v) is 8.40. The van der Waals surface area contributed by atoms with E-state index in [-0.39, 0.29) is 23.5 Å². The minimum Gasteiger partial charge on any atom is -0.322 e. The molecule has 3 rings (SSSR count). The summed E-state index contributed by atoms with van der Waals surface area (Å²) in [6.45, 7) is 0. The fourth-order valence-electron chi connectivity index (χ4n) is 2.51. The van der Waals surface area contributed by atoms with Crippen molar-refractivity contribution >= 4 is 23.2 Å². The van der Waals surface area contributed by atoms with Gasteiger partial charge in [-0.05, 0) is 36.4 Å². The molecule has 2 amide bonds. The van der Waals surface area contributed by atoms with Crippen LogP contribution in [-0.2, 0) is 0 Å². The smallest absolute Gasteiger partial charge is 0.258 e. The number of amides is 2. The maximum Gasteiger partial charge on any atom is 0.258 e. The summed E-state index contributed by atoms with van der Waals surface area (Å²) in [5, 5.41) is 4.13. The van der Waals surface area contributed by atoms with Gasteiger partial charge in [0.1, 0.15) is 0 Å². The van der Waals surface area contributed by atoms with Gasteiger partial charge in [-0.25, -0.2) is 35.1 Å². The van der Waals surface area contributed by atoms with E-state index in [2.05, 4.69) is 10.6 Å². The van der Waals surface area contributed by atoms with Crippen LogP contribution in [0.1, 0.15) is 20.7 Å². The number of benzene rings is 3. The van der Waals surface area contributed by atoms with Gasteiger partial charge in [0.25, 0.3) is 11.8 Å². The van der Waals surface area contributed by atoms with Gasteiger partial charge in [0, 0.05) is 11.4 Å². The third-order valence-corrected chi connectivity index (χ3v) is 4.10. The Balaban J connectivity index is 1.75. The van der Waals surface area contributed by atoms with E-state index in [1.165, 1.54) is 0 Å². The van der Waals surface area contributed by atoms with Crippen LogP contribution in [0.4, 0.5) is 46.5 Å². The van der Waals surface area contributed by atoms with Crippen molar-refractivity contribution in [3.05, 3.63) is 94.1 Å². The zero-order valence-electron chi connectivity index (χ0n) is 15.3. The van der Waals surface area contributed by atoms with E-state index in [4.69, 9.17) is 0 Å². The minimum atomic E-state index is -2.17. The lowest BCUT2D eigenvalue weighted by atomic mass is 10.1. The van der Waals surface area contributed by atoms with Crippen molar-refractivity contribution < 1.29 is 44.7 Å². The van der Waals surface area contributed by atoms with Crippen LogP contribution < -0.4 is 10.6 Å². The van der Waals surface area contributed by atoms with Gasteiger partial charge in [-0.3, -0.25) is 9.59 Å². The van der Waals surface area contributed by atoms with Crippen LogP contribution in [0.15, 0.2) is 36.4 Å². The Morgan fingerprint density at radius 3 is 1.12 bits per heavy atom. The number of hydrogen-bond donors (Lipinski definition) is 2. The zero-order valence-corrected chi connectivity index (χ0v) is 15.3. The van der Waals surface area contributed by atoms with Gasteiger partial charge < -0.3 is 10.6 Å². The molecule has 0 atom stereocenters. The number of anilines is 2. The van der Waals surface area contributed by atoms with Crippen LogP contribution in [0.3, 0.4) is 0 Å². The molecule has 0 saturated heterocycles. The van der Waals surface area contributed by atoms with Crippen LogP contribution in [0.5, 0.6) is 0 Å². The van der Waals surface area contributed by atoms with Gasteiger partial charge in [0.2, 0.25) is 0 Å². The van der Waals surface area contributed by atoms with Crippen molar-refractivity contribution in [2.75, 3.05) is 10.6 Å². The predicted octanol–water partition coefficient (Wildman–Crippen LogP) is 5.30. The number of rotatable bonds is 4. The molecular formula is C20H8F8N2O2. The molecule has 3 aromatic carbocycles. The van der Waals surface area contributed by atoms with Crippen molar-refractivity contribution in [1.82, 2.24) is 0 Å². The molecule has 166 valence electrons. The van der Waals surface area contributed by atoms with Gasteiger partial charge in [-0.2, -0.15) is 0 Å². The molecule has 0 aliphatic rings. The summed E-state index contributed by atoms with van der Waals surface area (Å²) in [4.78, 5) is 24.0.